The Labute approximate surface area is 372 Å². The normalized spacial score (nSPS) is 17.4. The van der Waals surface area contributed by atoms with Crippen molar-refractivity contribution in [2.75, 3.05) is 14.7 Å². The van der Waals surface area contributed by atoms with E-state index in [1.807, 2.05) is 0 Å². The summed E-state index contributed by atoms with van der Waals surface area (Å²) in [5.74, 6) is 0. The highest BCUT2D eigenvalue weighted by molar-refractivity contribution is 6.96. The summed E-state index contributed by atoms with van der Waals surface area (Å²) in [4.78, 5) is 7.97. The maximum Gasteiger partial charge on any atom is 0.248 e. The van der Waals surface area contributed by atoms with Crippen molar-refractivity contribution in [1.82, 2.24) is 0 Å². The SMILES string of the molecule is CCc1ccccc1N(c1ccc2c(c1)N(c1ccc(C(C)(C)C)cc1)c1cccc3c1B2C1=C(c2ccccc2C1(C)C)N3c1ccc(C(C)(C)C)cc1)C1(C)CCCCC1. The summed E-state index contributed by atoms with van der Waals surface area (Å²) in [5, 5.41) is 0. The van der Waals surface area contributed by atoms with Gasteiger partial charge in [-0.05, 0) is 125 Å². The minimum Gasteiger partial charge on any atom is -0.335 e. The van der Waals surface area contributed by atoms with E-state index < -0.39 is 0 Å². The molecule has 3 nitrogen and oxygen atoms in total. The summed E-state index contributed by atoms with van der Waals surface area (Å²) in [6.07, 6.45) is 7.21. The number of anilines is 7. The molecule has 0 amide bonds. The van der Waals surface area contributed by atoms with Crippen molar-refractivity contribution in [3.8, 4) is 0 Å². The van der Waals surface area contributed by atoms with Crippen LogP contribution in [0, 0.1) is 0 Å². The fraction of sp³-hybridized carbons (Fsp3) is 0.345. The van der Waals surface area contributed by atoms with E-state index >= 15 is 0 Å². The molecule has 2 heterocycles. The van der Waals surface area contributed by atoms with Crippen LogP contribution in [-0.2, 0) is 22.7 Å². The third-order valence-corrected chi connectivity index (χ3v) is 15.0. The van der Waals surface area contributed by atoms with Crippen molar-refractivity contribution >= 4 is 63.1 Å². The molecule has 10 rings (SSSR count). The van der Waals surface area contributed by atoms with Crippen LogP contribution in [-0.4, -0.2) is 12.3 Å². The molecular weight excluding hydrogens is 749 g/mol. The summed E-state index contributed by atoms with van der Waals surface area (Å²) in [7, 11) is 0. The van der Waals surface area contributed by atoms with Gasteiger partial charge in [0, 0.05) is 62.0 Å². The van der Waals surface area contributed by atoms with Crippen molar-refractivity contribution < 1.29 is 0 Å². The van der Waals surface area contributed by atoms with E-state index in [-0.39, 0.29) is 28.5 Å². The number of aryl methyl sites for hydroxylation is 1. The van der Waals surface area contributed by atoms with E-state index in [0.717, 1.165) is 6.42 Å². The Balaban J connectivity index is 1.26. The first-order valence-electron chi connectivity index (χ1n) is 23.4. The van der Waals surface area contributed by atoms with Crippen LogP contribution < -0.4 is 25.6 Å². The summed E-state index contributed by atoms with van der Waals surface area (Å²) >= 11 is 0. The number of benzene rings is 6. The molecule has 0 bridgehead atoms. The summed E-state index contributed by atoms with van der Waals surface area (Å²) in [5.41, 5.74) is 21.2. The van der Waals surface area contributed by atoms with Gasteiger partial charge in [0.15, 0.2) is 0 Å². The molecule has 6 aromatic rings. The second-order valence-corrected chi connectivity index (χ2v) is 21.5. The van der Waals surface area contributed by atoms with Gasteiger partial charge >= 0.3 is 0 Å². The largest absolute Gasteiger partial charge is 0.335 e. The van der Waals surface area contributed by atoms with Gasteiger partial charge in [-0.2, -0.15) is 0 Å². The van der Waals surface area contributed by atoms with Crippen LogP contribution in [0.15, 0.2) is 139 Å². The lowest BCUT2D eigenvalue weighted by atomic mass is 9.30. The van der Waals surface area contributed by atoms with E-state index in [4.69, 9.17) is 0 Å². The van der Waals surface area contributed by atoms with Gasteiger partial charge in [0.05, 0.1) is 0 Å². The molecule has 0 spiro atoms. The first-order valence-corrected chi connectivity index (χ1v) is 23.4. The fourth-order valence-electron chi connectivity index (χ4n) is 11.7. The number of fused-ring (bicyclic) bond motifs is 5. The third-order valence-electron chi connectivity index (χ3n) is 15.0. The predicted octanol–water partition coefficient (Wildman–Crippen LogP) is 14.5. The molecule has 0 saturated heterocycles. The minimum atomic E-state index is -0.209. The lowest BCUT2D eigenvalue weighted by Crippen LogP contribution is -2.57. The molecule has 2 aliphatic carbocycles. The Morgan fingerprint density at radius 1 is 0.597 bits per heavy atom. The molecule has 0 atom stereocenters. The average molecular weight is 814 g/mol. The van der Waals surface area contributed by atoms with Crippen LogP contribution in [0.5, 0.6) is 0 Å². The molecule has 1 saturated carbocycles. The van der Waals surface area contributed by atoms with E-state index in [2.05, 4.69) is 217 Å². The van der Waals surface area contributed by atoms with E-state index in [0.29, 0.717) is 0 Å². The van der Waals surface area contributed by atoms with Gasteiger partial charge < -0.3 is 14.7 Å². The second kappa shape index (κ2) is 14.5. The summed E-state index contributed by atoms with van der Waals surface area (Å²) < 4.78 is 0. The first kappa shape index (κ1) is 40.6. The standard InChI is InChI=1S/C58H64BN3/c1-11-39-20-13-16-23-48(39)62(58(10)36-17-12-18-37-58)44-34-35-47-51(38-44)60(42-30-26-40(27-31-42)55(2,3)4)49-24-19-25-50-52(49)59(47)54-53(45-21-14-15-22-46(45)57(54,8)9)61(50)43-32-28-41(29-33-43)56(5,6)7/h13-16,19-35,38H,11-12,17-18,36-37H2,1-10H3. The Kier molecular flexibility index (Phi) is 9.52. The molecule has 0 N–H and O–H groups in total. The number of nitrogens with zero attached hydrogens (tertiary/aromatic N) is 3. The number of rotatable bonds is 6. The van der Waals surface area contributed by atoms with Crippen LogP contribution in [0.25, 0.3) is 5.70 Å². The predicted molar refractivity (Wildman–Crippen MR) is 268 cm³/mol. The lowest BCUT2D eigenvalue weighted by molar-refractivity contribution is 0.318. The van der Waals surface area contributed by atoms with Crippen molar-refractivity contribution in [2.24, 2.45) is 0 Å². The Morgan fingerprint density at radius 2 is 1.18 bits per heavy atom. The highest BCUT2D eigenvalue weighted by atomic mass is 15.2. The molecule has 314 valence electrons. The third kappa shape index (κ3) is 6.30. The zero-order valence-corrected chi connectivity index (χ0v) is 38.9. The summed E-state index contributed by atoms with van der Waals surface area (Å²) in [6.45, 7) is 23.7. The molecule has 1 fully saturated rings. The van der Waals surface area contributed by atoms with Crippen LogP contribution in [0.3, 0.4) is 0 Å². The van der Waals surface area contributed by atoms with Gasteiger partial charge in [-0.15, -0.1) is 0 Å². The van der Waals surface area contributed by atoms with Crippen molar-refractivity contribution in [2.45, 2.75) is 130 Å². The number of hydrogen-bond acceptors (Lipinski definition) is 3. The molecule has 4 aliphatic rings. The second-order valence-electron chi connectivity index (χ2n) is 21.5. The number of hydrogen-bond donors (Lipinski definition) is 0. The minimum absolute atomic E-state index is 0.00928. The maximum absolute atomic E-state index is 2.75. The fourth-order valence-corrected chi connectivity index (χ4v) is 11.7. The average Bonchev–Trinajstić information content (AvgIpc) is 3.49. The number of para-hydroxylation sites is 1. The highest BCUT2D eigenvalue weighted by Gasteiger charge is 2.53. The maximum atomic E-state index is 2.75. The van der Waals surface area contributed by atoms with Gasteiger partial charge in [0.1, 0.15) is 0 Å². The van der Waals surface area contributed by atoms with Crippen LogP contribution >= 0.6 is 0 Å². The smallest absolute Gasteiger partial charge is 0.248 e. The van der Waals surface area contributed by atoms with Gasteiger partial charge in [0.25, 0.3) is 0 Å². The van der Waals surface area contributed by atoms with E-state index in [1.165, 1.54) is 122 Å². The van der Waals surface area contributed by atoms with E-state index in [1.54, 1.807) is 0 Å². The molecule has 0 unspecified atom stereocenters. The molecule has 0 aromatic heterocycles. The Morgan fingerprint density at radius 3 is 1.81 bits per heavy atom. The van der Waals surface area contributed by atoms with Crippen molar-refractivity contribution in [3.63, 3.8) is 0 Å². The van der Waals surface area contributed by atoms with Crippen molar-refractivity contribution in [1.29, 1.82) is 0 Å². The molecule has 0 radical (unpaired) electrons. The van der Waals surface area contributed by atoms with Gasteiger partial charge in [-0.25, -0.2) is 0 Å². The zero-order chi connectivity index (χ0) is 43.3. The quantitative estimate of drug-likeness (QED) is 0.155. The molecule has 62 heavy (non-hydrogen) atoms. The topological polar surface area (TPSA) is 9.72 Å². The Bertz CT molecular complexity index is 2720. The molecule has 2 aliphatic heterocycles. The van der Waals surface area contributed by atoms with Gasteiger partial charge in [0.2, 0.25) is 6.71 Å². The molecular formula is C58H64BN3. The molecule has 6 aromatic carbocycles. The molecule has 4 heteroatoms. The first-order chi connectivity index (χ1) is 29.6. The highest BCUT2D eigenvalue weighted by Crippen LogP contribution is 2.56. The van der Waals surface area contributed by atoms with Crippen LogP contribution in [0.2, 0.25) is 0 Å². The zero-order valence-electron chi connectivity index (χ0n) is 38.9. The van der Waals surface area contributed by atoms with E-state index in [9.17, 15) is 0 Å². The monoisotopic (exact) mass is 814 g/mol. The van der Waals surface area contributed by atoms with Crippen molar-refractivity contribution in [3.05, 3.63) is 167 Å². The van der Waals surface area contributed by atoms with Gasteiger partial charge in [-0.3, -0.25) is 0 Å². The number of allylic oxidation sites excluding steroid dienone is 1. The Hall–Kier alpha value is -5.48. The van der Waals surface area contributed by atoms with Crippen LogP contribution in [0.1, 0.15) is 129 Å². The van der Waals surface area contributed by atoms with Gasteiger partial charge in [-0.1, -0.05) is 166 Å². The lowest BCUT2D eigenvalue weighted by Gasteiger charge is -2.48. The van der Waals surface area contributed by atoms with Crippen LogP contribution in [0.4, 0.5) is 39.8 Å². The summed E-state index contributed by atoms with van der Waals surface area (Å²) in [6, 6.07) is 51.9.